The molecule has 1 amide bonds. The number of aromatic hydroxyl groups is 1. The van der Waals surface area contributed by atoms with E-state index >= 15 is 0 Å². The number of methoxy groups -OCH3 is 2. The Bertz CT molecular complexity index is 1120. The second-order valence-electron chi connectivity index (χ2n) is 7.23. The molecule has 0 aliphatic carbocycles. The molecule has 1 fully saturated rings. The van der Waals surface area contributed by atoms with Gasteiger partial charge in [0.1, 0.15) is 18.5 Å². The monoisotopic (exact) mass is 398 g/mol. The fraction of sp³-hybridized carbons (Fsp3) is 0.286. The van der Waals surface area contributed by atoms with Crippen molar-refractivity contribution in [1.82, 2.24) is 9.88 Å². The van der Waals surface area contributed by atoms with Gasteiger partial charge in [0.15, 0.2) is 11.5 Å². The molecule has 2 aliphatic rings. The van der Waals surface area contributed by atoms with E-state index in [0.29, 0.717) is 12.0 Å². The number of aromatic amines is 1. The van der Waals surface area contributed by atoms with Gasteiger partial charge in [0.25, 0.3) is 0 Å². The molecule has 3 aromatic rings. The molecule has 1 saturated heterocycles. The van der Waals surface area contributed by atoms with Gasteiger partial charge >= 0.3 is 6.09 Å². The number of rotatable bonds is 3. The number of nitrogens with zero attached hydrogens (tertiary/aromatic N) is 1. The van der Waals surface area contributed by atoms with Gasteiger partial charge in [-0.25, -0.2) is 9.18 Å². The van der Waals surface area contributed by atoms with Crippen LogP contribution in [0.4, 0.5) is 9.18 Å². The van der Waals surface area contributed by atoms with Gasteiger partial charge in [-0.2, -0.15) is 0 Å². The maximum absolute atomic E-state index is 13.9. The fourth-order valence-electron chi connectivity index (χ4n) is 4.41. The lowest BCUT2D eigenvalue weighted by Crippen LogP contribution is -2.42. The molecule has 7 nitrogen and oxygen atoms in total. The van der Waals surface area contributed by atoms with Crippen molar-refractivity contribution < 1.29 is 28.5 Å². The van der Waals surface area contributed by atoms with Crippen molar-refractivity contribution in [2.45, 2.75) is 18.5 Å². The second-order valence-corrected chi connectivity index (χ2v) is 7.23. The lowest BCUT2D eigenvalue weighted by atomic mass is 9.89. The maximum atomic E-state index is 13.9. The average molecular weight is 398 g/mol. The van der Waals surface area contributed by atoms with E-state index in [2.05, 4.69) is 4.98 Å². The summed E-state index contributed by atoms with van der Waals surface area (Å²) in [6, 6.07) is 7.26. The minimum atomic E-state index is -0.516. The molecule has 2 N–H and O–H groups in total. The molecule has 150 valence electrons. The summed E-state index contributed by atoms with van der Waals surface area (Å²) in [5.41, 5.74) is 3.23. The van der Waals surface area contributed by atoms with E-state index in [4.69, 9.17) is 14.2 Å². The molecule has 2 aromatic carbocycles. The summed E-state index contributed by atoms with van der Waals surface area (Å²) in [7, 11) is 2.90. The van der Waals surface area contributed by atoms with Crippen LogP contribution in [-0.4, -0.2) is 48.0 Å². The van der Waals surface area contributed by atoms with Crippen molar-refractivity contribution in [3.8, 4) is 17.2 Å². The van der Waals surface area contributed by atoms with Crippen LogP contribution in [-0.2, 0) is 11.2 Å². The van der Waals surface area contributed by atoms with Crippen LogP contribution in [0.3, 0.4) is 0 Å². The predicted octanol–water partition coefficient (Wildman–Crippen LogP) is 3.50. The quantitative estimate of drug-likeness (QED) is 0.706. The van der Waals surface area contributed by atoms with E-state index in [1.165, 1.54) is 26.4 Å². The Balaban J connectivity index is 1.77. The lowest BCUT2D eigenvalue weighted by Gasteiger charge is -2.36. The van der Waals surface area contributed by atoms with Gasteiger partial charge < -0.3 is 24.3 Å². The van der Waals surface area contributed by atoms with Gasteiger partial charge in [-0.05, 0) is 47.9 Å². The standard InChI is InChI=1S/C21H19FN2O5/c1-27-16-5-10(6-17(28-2)20(16)25)19-18-14(8-12-9-29-21(26)24(12)19)13-7-11(22)3-4-15(13)23-18/h3-7,12,19,23,25H,8-9H2,1-2H3/t12-,19?/m0/s1. The summed E-state index contributed by atoms with van der Waals surface area (Å²) in [4.78, 5) is 17.6. The van der Waals surface area contributed by atoms with Crippen LogP contribution in [0.2, 0.25) is 0 Å². The molecule has 1 aromatic heterocycles. The number of carbonyl (C=O) groups excluding carboxylic acids is 1. The summed E-state index contributed by atoms with van der Waals surface area (Å²) in [6.07, 6.45) is 0.148. The first-order chi connectivity index (χ1) is 14.0. The summed E-state index contributed by atoms with van der Waals surface area (Å²) in [6.45, 7) is 0.267. The first-order valence-corrected chi connectivity index (χ1v) is 9.21. The number of hydrogen-bond donors (Lipinski definition) is 2. The van der Waals surface area contributed by atoms with Gasteiger partial charge in [-0.3, -0.25) is 4.90 Å². The predicted molar refractivity (Wildman–Crippen MR) is 102 cm³/mol. The first kappa shape index (κ1) is 17.7. The topological polar surface area (TPSA) is 84.0 Å². The third-order valence-corrected chi connectivity index (χ3v) is 5.71. The van der Waals surface area contributed by atoms with Crippen LogP contribution in [0, 0.1) is 5.82 Å². The third kappa shape index (κ3) is 2.52. The second kappa shape index (κ2) is 6.30. The van der Waals surface area contributed by atoms with E-state index in [1.807, 2.05) is 0 Å². The summed E-state index contributed by atoms with van der Waals surface area (Å²) in [5, 5.41) is 11.1. The zero-order valence-corrected chi connectivity index (χ0v) is 15.9. The maximum Gasteiger partial charge on any atom is 0.411 e. The van der Waals surface area contributed by atoms with Gasteiger partial charge in [-0.15, -0.1) is 0 Å². The molecule has 5 rings (SSSR count). The third-order valence-electron chi connectivity index (χ3n) is 5.71. The number of phenolic OH excluding ortho intramolecular Hbond substituents is 1. The molecule has 0 saturated carbocycles. The number of amides is 1. The van der Waals surface area contributed by atoms with E-state index in [9.17, 15) is 14.3 Å². The van der Waals surface area contributed by atoms with Crippen molar-refractivity contribution in [2.75, 3.05) is 20.8 Å². The summed E-state index contributed by atoms with van der Waals surface area (Å²) < 4.78 is 29.8. The number of phenols is 1. The average Bonchev–Trinajstić information content (AvgIpc) is 3.27. The van der Waals surface area contributed by atoms with E-state index in [0.717, 1.165) is 22.2 Å². The highest BCUT2D eigenvalue weighted by atomic mass is 19.1. The highest BCUT2D eigenvalue weighted by Gasteiger charge is 2.45. The Morgan fingerprint density at radius 1 is 1.21 bits per heavy atom. The largest absolute Gasteiger partial charge is 0.502 e. The van der Waals surface area contributed by atoms with Crippen molar-refractivity contribution in [3.05, 3.63) is 53.0 Å². The molecule has 2 aliphatic heterocycles. The van der Waals surface area contributed by atoms with Gasteiger partial charge in [0.2, 0.25) is 5.75 Å². The number of benzene rings is 2. The lowest BCUT2D eigenvalue weighted by molar-refractivity contribution is 0.147. The minimum absolute atomic E-state index is 0.117. The van der Waals surface area contributed by atoms with Crippen LogP contribution < -0.4 is 9.47 Å². The van der Waals surface area contributed by atoms with Crippen LogP contribution in [0.1, 0.15) is 22.9 Å². The number of nitrogens with one attached hydrogen (secondary N) is 1. The molecule has 1 unspecified atom stereocenters. The molecular weight excluding hydrogens is 379 g/mol. The number of cyclic esters (lactones) is 1. The van der Waals surface area contributed by atoms with Crippen LogP contribution in [0.25, 0.3) is 10.9 Å². The summed E-state index contributed by atoms with van der Waals surface area (Å²) >= 11 is 0. The summed E-state index contributed by atoms with van der Waals surface area (Å²) in [5.74, 6) is 0.0366. The van der Waals surface area contributed by atoms with E-state index in [1.54, 1.807) is 23.1 Å². The van der Waals surface area contributed by atoms with Gasteiger partial charge in [0.05, 0.1) is 20.3 Å². The van der Waals surface area contributed by atoms with Crippen molar-refractivity contribution >= 4 is 17.0 Å². The Morgan fingerprint density at radius 2 is 1.93 bits per heavy atom. The Labute approximate surface area is 165 Å². The number of carbonyl (C=O) groups is 1. The normalized spacial score (nSPS) is 20.4. The van der Waals surface area contributed by atoms with Crippen molar-refractivity contribution in [2.24, 2.45) is 0 Å². The number of aromatic nitrogens is 1. The number of halogens is 1. The van der Waals surface area contributed by atoms with Crippen molar-refractivity contribution in [3.63, 3.8) is 0 Å². The zero-order valence-electron chi connectivity index (χ0n) is 15.9. The van der Waals surface area contributed by atoms with Crippen LogP contribution >= 0.6 is 0 Å². The Kier molecular flexibility index (Phi) is 3.84. The first-order valence-electron chi connectivity index (χ1n) is 9.21. The SMILES string of the molecule is COc1cc(C2c3[nH]c4ccc(F)cc4c3C[C@H]3COC(=O)N23)cc(OC)c1O. The molecular formula is C21H19FN2O5. The fourth-order valence-corrected chi connectivity index (χ4v) is 4.41. The van der Waals surface area contributed by atoms with Crippen LogP contribution in [0.15, 0.2) is 30.3 Å². The Morgan fingerprint density at radius 3 is 2.62 bits per heavy atom. The van der Waals surface area contributed by atoms with E-state index < -0.39 is 12.1 Å². The molecule has 29 heavy (non-hydrogen) atoms. The molecule has 8 heteroatoms. The molecule has 0 bridgehead atoms. The highest BCUT2D eigenvalue weighted by molar-refractivity contribution is 5.86. The molecule has 0 radical (unpaired) electrons. The molecule has 2 atom stereocenters. The number of ether oxygens (including phenoxy) is 3. The van der Waals surface area contributed by atoms with Gasteiger partial charge in [0, 0.05) is 16.6 Å². The Hall–Kier alpha value is -3.42. The molecule has 0 spiro atoms. The zero-order chi connectivity index (χ0) is 20.3. The number of fused-ring (bicyclic) bond motifs is 4. The van der Waals surface area contributed by atoms with Crippen LogP contribution in [0.5, 0.6) is 17.2 Å². The van der Waals surface area contributed by atoms with Crippen molar-refractivity contribution in [1.29, 1.82) is 0 Å². The molecule has 3 heterocycles. The minimum Gasteiger partial charge on any atom is -0.502 e. The number of hydrogen-bond acceptors (Lipinski definition) is 5. The van der Waals surface area contributed by atoms with E-state index in [-0.39, 0.29) is 35.7 Å². The number of H-pyrrole nitrogens is 1. The highest BCUT2D eigenvalue weighted by Crippen LogP contribution is 2.46. The van der Waals surface area contributed by atoms with Gasteiger partial charge in [-0.1, -0.05) is 0 Å². The smallest absolute Gasteiger partial charge is 0.411 e.